The van der Waals surface area contributed by atoms with Crippen LogP contribution in [0, 0.1) is 5.92 Å². The lowest BCUT2D eigenvalue weighted by molar-refractivity contribution is -0.125. The van der Waals surface area contributed by atoms with Crippen LogP contribution in [0.15, 0.2) is 66.9 Å². The maximum Gasteiger partial charge on any atom is 0.225 e. The van der Waals surface area contributed by atoms with E-state index in [9.17, 15) is 4.79 Å². The Morgan fingerprint density at radius 2 is 1.85 bits per heavy atom. The average Bonchev–Trinajstić information content (AvgIpc) is 3.38. The second kappa shape index (κ2) is 7.54. The molecule has 26 heavy (non-hydrogen) atoms. The van der Waals surface area contributed by atoms with Crippen molar-refractivity contribution in [1.29, 1.82) is 0 Å². The van der Waals surface area contributed by atoms with Crippen LogP contribution in [-0.2, 0) is 16.1 Å². The van der Waals surface area contributed by atoms with Crippen molar-refractivity contribution in [3.8, 4) is 16.9 Å². The van der Waals surface area contributed by atoms with Crippen molar-refractivity contribution < 1.29 is 9.53 Å². The number of rotatable bonds is 5. The van der Waals surface area contributed by atoms with Crippen LogP contribution in [0.2, 0.25) is 0 Å². The zero-order valence-corrected chi connectivity index (χ0v) is 14.5. The third kappa shape index (κ3) is 3.53. The minimum absolute atomic E-state index is 0.0423. The first-order valence-electron chi connectivity index (χ1n) is 8.86. The first-order valence-corrected chi connectivity index (χ1v) is 8.86. The number of carbonyl (C=O) groups excluding carboxylic acids is 1. The second-order valence-corrected chi connectivity index (χ2v) is 6.43. The van der Waals surface area contributed by atoms with Gasteiger partial charge in [-0.1, -0.05) is 48.5 Å². The fourth-order valence-electron chi connectivity index (χ4n) is 3.16. The number of hydrogen-bond acceptors (Lipinski definition) is 3. The molecule has 4 rings (SSSR count). The molecular formula is C21H21N3O2. The number of aromatic nitrogens is 2. The van der Waals surface area contributed by atoms with E-state index >= 15 is 0 Å². The molecule has 1 fully saturated rings. The first-order chi connectivity index (χ1) is 12.8. The van der Waals surface area contributed by atoms with E-state index in [0.29, 0.717) is 19.8 Å². The molecule has 1 N–H and O–H groups in total. The van der Waals surface area contributed by atoms with Gasteiger partial charge >= 0.3 is 0 Å². The maximum atomic E-state index is 12.3. The van der Waals surface area contributed by atoms with Crippen LogP contribution in [0.4, 0.5) is 0 Å². The van der Waals surface area contributed by atoms with Crippen LogP contribution in [0.25, 0.3) is 16.9 Å². The highest BCUT2D eigenvalue weighted by molar-refractivity contribution is 5.79. The molecule has 1 atom stereocenters. The topological polar surface area (TPSA) is 56.2 Å². The van der Waals surface area contributed by atoms with Gasteiger partial charge in [-0.2, -0.15) is 5.10 Å². The standard InChI is InChI=1S/C21H21N3O2/c25-21(17-11-12-26-15-17)22-13-18-14-24(19-9-5-2-6-10-19)23-20(18)16-7-3-1-4-8-16/h1-10,14,17H,11-13,15H2,(H,22,25). The molecule has 0 aliphatic carbocycles. The monoisotopic (exact) mass is 347 g/mol. The van der Waals surface area contributed by atoms with Gasteiger partial charge in [0.15, 0.2) is 0 Å². The molecule has 1 unspecified atom stereocenters. The Balaban J connectivity index is 1.61. The lowest BCUT2D eigenvalue weighted by Crippen LogP contribution is -2.30. The fourth-order valence-corrected chi connectivity index (χ4v) is 3.16. The van der Waals surface area contributed by atoms with Gasteiger partial charge in [-0.15, -0.1) is 0 Å². The molecule has 132 valence electrons. The molecule has 1 saturated heterocycles. The second-order valence-electron chi connectivity index (χ2n) is 6.43. The largest absolute Gasteiger partial charge is 0.381 e. The van der Waals surface area contributed by atoms with Gasteiger partial charge < -0.3 is 10.1 Å². The molecule has 0 saturated carbocycles. The Morgan fingerprint density at radius 3 is 2.54 bits per heavy atom. The van der Waals surface area contributed by atoms with E-state index in [1.807, 2.05) is 71.5 Å². The fraction of sp³-hybridized carbons (Fsp3) is 0.238. The third-order valence-electron chi connectivity index (χ3n) is 4.61. The molecule has 1 aliphatic rings. The van der Waals surface area contributed by atoms with Gasteiger partial charge in [0.05, 0.1) is 23.9 Å². The van der Waals surface area contributed by atoms with E-state index < -0.39 is 0 Å². The quantitative estimate of drug-likeness (QED) is 0.771. The Bertz CT molecular complexity index is 869. The molecule has 0 spiro atoms. The molecule has 0 radical (unpaired) electrons. The molecule has 3 aromatic rings. The summed E-state index contributed by atoms with van der Waals surface area (Å²) in [5, 5.41) is 7.81. The molecule has 0 bridgehead atoms. The number of carbonyl (C=O) groups is 1. The normalized spacial score (nSPS) is 16.5. The summed E-state index contributed by atoms with van der Waals surface area (Å²) in [6.07, 6.45) is 2.78. The molecule has 1 aromatic heterocycles. The highest BCUT2D eigenvalue weighted by Crippen LogP contribution is 2.24. The number of amides is 1. The molecule has 2 aromatic carbocycles. The average molecular weight is 347 g/mol. The minimum Gasteiger partial charge on any atom is -0.381 e. The molecule has 5 nitrogen and oxygen atoms in total. The molecule has 2 heterocycles. The van der Waals surface area contributed by atoms with Gasteiger partial charge in [0, 0.05) is 30.5 Å². The van der Waals surface area contributed by atoms with Crippen molar-refractivity contribution in [2.24, 2.45) is 5.92 Å². The summed E-state index contributed by atoms with van der Waals surface area (Å²) in [6, 6.07) is 20.0. The van der Waals surface area contributed by atoms with Gasteiger partial charge in [-0.25, -0.2) is 4.68 Å². The van der Waals surface area contributed by atoms with Crippen LogP contribution in [0.1, 0.15) is 12.0 Å². The zero-order valence-electron chi connectivity index (χ0n) is 14.5. The van der Waals surface area contributed by atoms with E-state index in [0.717, 1.165) is 28.9 Å². The van der Waals surface area contributed by atoms with Crippen LogP contribution in [-0.4, -0.2) is 28.9 Å². The molecule has 1 aliphatic heterocycles. The molecule has 5 heteroatoms. The van der Waals surface area contributed by atoms with E-state index in [2.05, 4.69) is 5.32 Å². The first kappa shape index (κ1) is 16.5. The summed E-state index contributed by atoms with van der Waals surface area (Å²) in [5.74, 6) is 0.00770. The van der Waals surface area contributed by atoms with E-state index in [-0.39, 0.29) is 11.8 Å². The van der Waals surface area contributed by atoms with Crippen molar-refractivity contribution in [2.75, 3.05) is 13.2 Å². The van der Waals surface area contributed by atoms with Gasteiger partial charge in [0.1, 0.15) is 0 Å². The Kier molecular flexibility index (Phi) is 4.80. The summed E-state index contributed by atoms with van der Waals surface area (Å²) >= 11 is 0. The Morgan fingerprint density at radius 1 is 1.12 bits per heavy atom. The summed E-state index contributed by atoms with van der Waals surface area (Å²) in [7, 11) is 0. The zero-order chi connectivity index (χ0) is 17.8. The summed E-state index contributed by atoms with van der Waals surface area (Å²) < 4.78 is 7.17. The van der Waals surface area contributed by atoms with Crippen molar-refractivity contribution in [3.05, 3.63) is 72.4 Å². The number of para-hydroxylation sites is 1. The van der Waals surface area contributed by atoms with E-state index in [4.69, 9.17) is 9.84 Å². The number of nitrogens with one attached hydrogen (secondary N) is 1. The van der Waals surface area contributed by atoms with Gasteiger partial charge in [-0.3, -0.25) is 4.79 Å². The number of hydrogen-bond donors (Lipinski definition) is 1. The van der Waals surface area contributed by atoms with Crippen LogP contribution < -0.4 is 5.32 Å². The van der Waals surface area contributed by atoms with Crippen molar-refractivity contribution in [3.63, 3.8) is 0 Å². The summed E-state index contributed by atoms with van der Waals surface area (Å²) in [5.41, 5.74) is 3.91. The van der Waals surface area contributed by atoms with Gasteiger partial charge in [0.2, 0.25) is 5.91 Å². The lowest BCUT2D eigenvalue weighted by atomic mass is 10.1. The smallest absolute Gasteiger partial charge is 0.225 e. The van der Waals surface area contributed by atoms with Crippen molar-refractivity contribution in [2.45, 2.75) is 13.0 Å². The predicted molar refractivity (Wildman–Crippen MR) is 99.8 cm³/mol. The Labute approximate surface area is 152 Å². The van der Waals surface area contributed by atoms with E-state index in [1.54, 1.807) is 0 Å². The third-order valence-corrected chi connectivity index (χ3v) is 4.61. The predicted octanol–water partition coefficient (Wildman–Crippen LogP) is 3.19. The van der Waals surface area contributed by atoms with Crippen LogP contribution in [0.5, 0.6) is 0 Å². The lowest BCUT2D eigenvalue weighted by Gasteiger charge is -2.09. The molecule has 1 amide bonds. The van der Waals surface area contributed by atoms with E-state index in [1.165, 1.54) is 0 Å². The summed E-state index contributed by atoms with van der Waals surface area (Å²) in [4.78, 5) is 12.3. The maximum absolute atomic E-state index is 12.3. The van der Waals surface area contributed by atoms with Gasteiger partial charge in [0.25, 0.3) is 0 Å². The SMILES string of the molecule is O=C(NCc1cn(-c2ccccc2)nc1-c1ccccc1)C1CCOC1. The summed E-state index contributed by atoms with van der Waals surface area (Å²) in [6.45, 7) is 1.63. The van der Waals surface area contributed by atoms with Crippen LogP contribution >= 0.6 is 0 Å². The van der Waals surface area contributed by atoms with Crippen LogP contribution in [0.3, 0.4) is 0 Å². The Hall–Kier alpha value is -2.92. The molecular weight excluding hydrogens is 326 g/mol. The van der Waals surface area contributed by atoms with Crippen molar-refractivity contribution in [1.82, 2.24) is 15.1 Å². The highest BCUT2D eigenvalue weighted by atomic mass is 16.5. The van der Waals surface area contributed by atoms with Crippen molar-refractivity contribution >= 4 is 5.91 Å². The number of ether oxygens (including phenoxy) is 1. The van der Waals surface area contributed by atoms with Gasteiger partial charge in [-0.05, 0) is 18.6 Å². The number of nitrogens with zero attached hydrogens (tertiary/aromatic N) is 2. The minimum atomic E-state index is -0.0423. The highest BCUT2D eigenvalue weighted by Gasteiger charge is 2.23. The number of benzene rings is 2.